The van der Waals surface area contributed by atoms with Crippen LogP contribution >= 0.6 is 11.3 Å². The number of furan rings is 1. The van der Waals surface area contributed by atoms with Gasteiger partial charge < -0.3 is 9.73 Å². The predicted octanol–water partition coefficient (Wildman–Crippen LogP) is 2.37. The number of nitrogens with one attached hydrogen (secondary N) is 1. The molecule has 2 heterocycles. The molecule has 1 unspecified atom stereocenters. The second-order valence-electron chi connectivity index (χ2n) is 5.18. The summed E-state index contributed by atoms with van der Waals surface area (Å²) in [6, 6.07) is 4.52. The first-order chi connectivity index (χ1) is 10.7. The molecule has 0 aliphatic rings. The monoisotopic (exact) mass is 359 g/mol. The molecule has 0 aliphatic carbocycles. The lowest BCUT2D eigenvalue weighted by Crippen LogP contribution is -2.26. The Morgan fingerprint density at radius 1 is 1.48 bits per heavy atom. The number of sulfone groups is 1. The van der Waals surface area contributed by atoms with E-state index in [1.54, 1.807) is 12.3 Å². The summed E-state index contributed by atoms with van der Waals surface area (Å²) < 4.78 is 28.5. The molecule has 0 aromatic carbocycles. The van der Waals surface area contributed by atoms with Gasteiger partial charge >= 0.3 is 5.69 Å². The van der Waals surface area contributed by atoms with Crippen LogP contribution < -0.4 is 5.32 Å². The van der Waals surface area contributed by atoms with Gasteiger partial charge in [-0.05, 0) is 26.2 Å². The fourth-order valence-corrected chi connectivity index (χ4v) is 3.96. The number of likely N-dealkylation sites (N-methyl/N-ethyl adjacent to an activating group) is 1. The largest absolute Gasteiger partial charge is 0.468 e. The van der Waals surface area contributed by atoms with E-state index in [2.05, 4.69) is 5.32 Å². The SMILES string of the molecule is CN(C)C(CNc1sc(S(C)(=O)=O)cc1[N+](=O)[O-])c1ccco1. The smallest absolute Gasteiger partial charge is 0.304 e. The van der Waals surface area contributed by atoms with Crippen LogP contribution in [0.15, 0.2) is 33.1 Å². The lowest BCUT2D eigenvalue weighted by atomic mass is 10.2. The lowest BCUT2D eigenvalue weighted by Gasteiger charge is -2.22. The summed E-state index contributed by atoms with van der Waals surface area (Å²) in [6.07, 6.45) is 2.58. The number of nitro groups is 1. The van der Waals surface area contributed by atoms with Gasteiger partial charge in [-0.3, -0.25) is 15.0 Å². The zero-order valence-corrected chi connectivity index (χ0v) is 14.5. The highest BCUT2D eigenvalue weighted by molar-refractivity contribution is 7.92. The number of thiophene rings is 1. The third-order valence-corrected chi connectivity index (χ3v) is 6.09. The average molecular weight is 359 g/mol. The summed E-state index contributed by atoms with van der Waals surface area (Å²) in [5, 5.41) is 14.3. The Balaban J connectivity index is 2.25. The van der Waals surface area contributed by atoms with Crippen LogP contribution in [0.2, 0.25) is 0 Å². The predicted molar refractivity (Wildman–Crippen MR) is 87.7 cm³/mol. The average Bonchev–Trinajstić information content (AvgIpc) is 3.06. The van der Waals surface area contributed by atoms with Crippen LogP contribution in [0.4, 0.5) is 10.7 Å². The molecule has 0 saturated carbocycles. The van der Waals surface area contributed by atoms with Crippen LogP contribution in [0.25, 0.3) is 0 Å². The molecule has 0 fully saturated rings. The van der Waals surface area contributed by atoms with E-state index in [1.165, 1.54) is 0 Å². The second kappa shape index (κ2) is 6.69. The van der Waals surface area contributed by atoms with Crippen LogP contribution in [0, 0.1) is 10.1 Å². The molecule has 8 nitrogen and oxygen atoms in total. The second-order valence-corrected chi connectivity index (χ2v) is 8.48. The van der Waals surface area contributed by atoms with Gasteiger partial charge in [0.1, 0.15) is 9.97 Å². The van der Waals surface area contributed by atoms with Crippen molar-refractivity contribution in [1.82, 2.24) is 4.90 Å². The van der Waals surface area contributed by atoms with Crippen molar-refractivity contribution in [3.05, 3.63) is 40.3 Å². The van der Waals surface area contributed by atoms with E-state index in [-0.39, 0.29) is 20.9 Å². The lowest BCUT2D eigenvalue weighted by molar-refractivity contribution is -0.383. The molecule has 126 valence electrons. The zero-order valence-electron chi connectivity index (χ0n) is 12.8. The van der Waals surface area contributed by atoms with E-state index < -0.39 is 14.8 Å². The van der Waals surface area contributed by atoms with E-state index in [4.69, 9.17) is 4.42 Å². The van der Waals surface area contributed by atoms with Crippen molar-refractivity contribution in [2.45, 2.75) is 10.3 Å². The van der Waals surface area contributed by atoms with E-state index >= 15 is 0 Å². The summed E-state index contributed by atoms with van der Waals surface area (Å²) in [5.41, 5.74) is -0.243. The van der Waals surface area contributed by atoms with Crippen LogP contribution in [0.1, 0.15) is 11.8 Å². The van der Waals surface area contributed by atoms with E-state index in [0.717, 1.165) is 23.7 Å². The third kappa shape index (κ3) is 4.09. The molecule has 2 rings (SSSR count). The molecule has 1 N–H and O–H groups in total. The Hall–Kier alpha value is -1.91. The minimum Gasteiger partial charge on any atom is -0.468 e. The van der Waals surface area contributed by atoms with Gasteiger partial charge in [-0.1, -0.05) is 11.3 Å². The molecular weight excluding hydrogens is 342 g/mol. The number of hydrogen-bond acceptors (Lipinski definition) is 8. The Morgan fingerprint density at radius 3 is 2.65 bits per heavy atom. The summed E-state index contributed by atoms with van der Waals surface area (Å²) in [7, 11) is 0.231. The molecular formula is C13H17N3O5S2. The fourth-order valence-electron chi connectivity index (χ4n) is 2.01. The first kappa shape index (κ1) is 17.4. The van der Waals surface area contributed by atoms with Crippen LogP contribution in [0.3, 0.4) is 0 Å². The van der Waals surface area contributed by atoms with Gasteiger partial charge in [0.05, 0.1) is 17.2 Å². The summed E-state index contributed by atoms with van der Waals surface area (Å²) in [5.74, 6) is 0.713. The maximum absolute atomic E-state index is 11.6. The van der Waals surface area contributed by atoms with Crippen molar-refractivity contribution >= 4 is 31.9 Å². The molecule has 10 heteroatoms. The van der Waals surface area contributed by atoms with Crippen molar-refractivity contribution in [2.24, 2.45) is 0 Å². The minimum absolute atomic E-state index is 0.0360. The van der Waals surface area contributed by atoms with Gasteiger partial charge in [0, 0.05) is 18.9 Å². The molecule has 0 aliphatic heterocycles. The molecule has 2 aromatic heterocycles. The van der Waals surface area contributed by atoms with Gasteiger partial charge in [0.2, 0.25) is 0 Å². The van der Waals surface area contributed by atoms with Crippen molar-refractivity contribution in [3.8, 4) is 0 Å². The van der Waals surface area contributed by atoms with Gasteiger partial charge in [-0.15, -0.1) is 0 Å². The molecule has 0 spiro atoms. The van der Waals surface area contributed by atoms with Crippen molar-refractivity contribution in [2.75, 3.05) is 32.2 Å². The van der Waals surface area contributed by atoms with E-state index in [0.29, 0.717) is 12.3 Å². The van der Waals surface area contributed by atoms with Gasteiger partial charge in [0.15, 0.2) is 14.8 Å². The number of hydrogen-bond donors (Lipinski definition) is 1. The van der Waals surface area contributed by atoms with Gasteiger partial charge in [-0.2, -0.15) is 0 Å². The molecule has 1 atom stereocenters. The Kier molecular flexibility index (Phi) is 5.07. The van der Waals surface area contributed by atoms with Crippen molar-refractivity contribution in [3.63, 3.8) is 0 Å². The Morgan fingerprint density at radius 2 is 2.17 bits per heavy atom. The zero-order chi connectivity index (χ0) is 17.2. The summed E-state index contributed by atoms with van der Waals surface area (Å²) in [4.78, 5) is 12.4. The molecule has 23 heavy (non-hydrogen) atoms. The van der Waals surface area contributed by atoms with Gasteiger partial charge in [-0.25, -0.2) is 8.42 Å². The maximum atomic E-state index is 11.6. The van der Waals surface area contributed by atoms with Crippen LogP contribution in [-0.2, 0) is 9.84 Å². The highest BCUT2D eigenvalue weighted by Gasteiger charge is 2.25. The summed E-state index contributed by atoms with van der Waals surface area (Å²) >= 11 is 0.856. The number of anilines is 1. The standard InChI is InChI=1S/C13H17N3O5S2/c1-15(2)10(11-5-4-6-21-11)8-14-13-9(16(17)18)7-12(22-13)23(3,19)20/h4-7,10,14H,8H2,1-3H3. The van der Waals surface area contributed by atoms with E-state index in [1.807, 2.05) is 25.1 Å². The third-order valence-electron chi connectivity index (χ3n) is 3.20. The molecule has 0 saturated heterocycles. The van der Waals surface area contributed by atoms with Crippen molar-refractivity contribution < 1.29 is 17.8 Å². The first-order valence-corrected chi connectivity index (χ1v) is 9.33. The van der Waals surface area contributed by atoms with E-state index in [9.17, 15) is 18.5 Å². The maximum Gasteiger partial charge on any atom is 0.304 e. The quantitative estimate of drug-likeness (QED) is 0.597. The molecule has 2 aromatic rings. The molecule has 0 radical (unpaired) electrons. The van der Waals surface area contributed by atoms with Gasteiger partial charge in [0.25, 0.3) is 0 Å². The minimum atomic E-state index is -3.49. The Labute approximate surface area is 137 Å². The number of nitrogens with zero attached hydrogens (tertiary/aromatic N) is 2. The molecule has 0 bridgehead atoms. The fraction of sp³-hybridized carbons (Fsp3) is 0.385. The Bertz CT molecular complexity index is 781. The summed E-state index contributed by atoms with van der Waals surface area (Å²) in [6.45, 7) is 0.338. The highest BCUT2D eigenvalue weighted by atomic mass is 32.2. The first-order valence-electron chi connectivity index (χ1n) is 6.62. The van der Waals surface area contributed by atoms with Crippen LogP contribution in [0.5, 0.6) is 0 Å². The van der Waals surface area contributed by atoms with Crippen LogP contribution in [-0.4, -0.2) is 45.1 Å². The normalized spacial score (nSPS) is 13.2. The highest BCUT2D eigenvalue weighted by Crippen LogP contribution is 2.37. The topological polar surface area (TPSA) is 106 Å². The molecule has 0 amide bonds. The van der Waals surface area contributed by atoms with Crippen molar-refractivity contribution in [1.29, 1.82) is 0 Å². The number of rotatable bonds is 7.